The Morgan fingerprint density at radius 3 is 2.40 bits per heavy atom. The van der Waals surface area contributed by atoms with E-state index in [1.54, 1.807) is 12.1 Å². The number of benzene rings is 1. The van der Waals surface area contributed by atoms with Gasteiger partial charge in [0.05, 0.1) is 18.1 Å². The number of sulfonamides is 1. The van der Waals surface area contributed by atoms with Gasteiger partial charge in [-0.3, -0.25) is 4.79 Å². The van der Waals surface area contributed by atoms with Crippen LogP contribution in [0.3, 0.4) is 0 Å². The lowest BCUT2D eigenvalue weighted by Crippen LogP contribution is -2.40. The molecule has 0 unspecified atom stereocenters. The summed E-state index contributed by atoms with van der Waals surface area (Å²) in [6.07, 6.45) is 4.83. The maximum atomic E-state index is 12.6. The Hall–Kier alpha value is -1.44. The van der Waals surface area contributed by atoms with Gasteiger partial charge in [0.25, 0.3) is 5.91 Å². The number of amides is 1. The zero-order valence-electron chi connectivity index (χ0n) is 14.2. The normalized spacial score (nSPS) is 29.7. The molecule has 25 heavy (non-hydrogen) atoms. The molecule has 136 valence electrons. The van der Waals surface area contributed by atoms with Crippen molar-refractivity contribution in [3.63, 3.8) is 0 Å². The molecule has 3 atom stereocenters. The van der Waals surface area contributed by atoms with Crippen LogP contribution in [-0.4, -0.2) is 51.0 Å². The van der Waals surface area contributed by atoms with Crippen molar-refractivity contribution in [1.82, 2.24) is 9.62 Å². The molecule has 4 rings (SSSR count). The van der Waals surface area contributed by atoms with Gasteiger partial charge < -0.3 is 10.1 Å². The van der Waals surface area contributed by atoms with Crippen LogP contribution in [0.15, 0.2) is 29.2 Å². The Kier molecular flexibility index (Phi) is 4.56. The first-order chi connectivity index (χ1) is 12.0. The summed E-state index contributed by atoms with van der Waals surface area (Å²) in [5.41, 5.74) is 0.517. The highest BCUT2D eigenvalue weighted by Gasteiger charge is 2.40. The molecule has 7 heteroatoms. The number of morpholine rings is 1. The molecule has 0 radical (unpaired) electrons. The van der Waals surface area contributed by atoms with E-state index < -0.39 is 10.0 Å². The fraction of sp³-hybridized carbons (Fsp3) is 0.611. The van der Waals surface area contributed by atoms with Crippen molar-refractivity contribution in [3.05, 3.63) is 29.8 Å². The summed E-state index contributed by atoms with van der Waals surface area (Å²) in [6.45, 7) is 1.58. The average Bonchev–Trinajstić information content (AvgIpc) is 3.25. The number of nitrogens with zero attached hydrogens (tertiary/aromatic N) is 1. The Bertz CT molecular complexity index is 741. The molecule has 2 aliphatic carbocycles. The predicted octanol–water partition coefficient (Wildman–Crippen LogP) is 1.63. The van der Waals surface area contributed by atoms with Crippen molar-refractivity contribution in [2.24, 2.45) is 11.8 Å². The number of fused-ring (bicyclic) bond motifs is 2. The number of nitrogens with one attached hydrogen (secondary N) is 1. The molecule has 1 N–H and O–H groups in total. The van der Waals surface area contributed by atoms with E-state index in [1.807, 2.05) is 0 Å². The molecule has 3 aliphatic rings. The second kappa shape index (κ2) is 6.70. The van der Waals surface area contributed by atoms with Crippen molar-refractivity contribution in [2.45, 2.75) is 36.6 Å². The summed E-state index contributed by atoms with van der Waals surface area (Å²) in [5, 5.41) is 3.13. The molecule has 1 aromatic carbocycles. The lowest BCUT2D eigenvalue weighted by atomic mass is 9.95. The maximum absolute atomic E-state index is 12.6. The molecule has 2 saturated carbocycles. The quantitative estimate of drug-likeness (QED) is 0.881. The number of rotatable bonds is 4. The highest BCUT2D eigenvalue weighted by atomic mass is 32.2. The largest absolute Gasteiger partial charge is 0.379 e. The van der Waals surface area contributed by atoms with Crippen LogP contribution < -0.4 is 5.32 Å². The lowest BCUT2D eigenvalue weighted by molar-refractivity contribution is 0.0730. The van der Waals surface area contributed by atoms with Gasteiger partial charge in [-0.05, 0) is 55.4 Å². The van der Waals surface area contributed by atoms with Crippen molar-refractivity contribution < 1.29 is 17.9 Å². The van der Waals surface area contributed by atoms with Gasteiger partial charge in [-0.2, -0.15) is 4.31 Å². The van der Waals surface area contributed by atoms with Crippen LogP contribution in [0.4, 0.5) is 0 Å². The smallest absolute Gasteiger partial charge is 0.251 e. The van der Waals surface area contributed by atoms with Gasteiger partial charge in [-0.1, -0.05) is 6.42 Å². The van der Waals surface area contributed by atoms with Gasteiger partial charge in [0, 0.05) is 24.7 Å². The van der Waals surface area contributed by atoms with Crippen LogP contribution in [-0.2, 0) is 14.8 Å². The van der Waals surface area contributed by atoms with Gasteiger partial charge >= 0.3 is 0 Å². The lowest BCUT2D eigenvalue weighted by Gasteiger charge is -2.26. The Labute approximate surface area is 148 Å². The van der Waals surface area contributed by atoms with E-state index in [2.05, 4.69) is 5.32 Å². The molecule has 6 nitrogen and oxygen atoms in total. The minimum Gasteiger partial charge on any atom is -0.379 e. The first-order valence-electron chi connectivity index (χ1n) is 9.03. The van der Waals surface area contributed by atoms with E-state index in [1.165, 1.54) is 35.7 Å². The minimum absolute atomic E-state index is 0.104. The molecule has 1 saturated heterocycles. The van der Waals surface area contributed by atoms with Crippen molar-refractivity contribution in [1.29, 1.82) is 0 Å². The number of hydrogen-bond donors (Lipinski definition) is 1. The van der Waals surface area contributed by atoms with E-state index in [0.717, 1.165) is 12.3 Å². The first kappa shape index (κ1) is 17.0. The second-order valence-electron chi connectivity index (χ2n) is 7.30. The van der Waals surface area contributed by atoms with Crippen LogP contribution in [0, 0.1) is 11.8 Å². The Balaban J connectivity index is 1.43. The topological polar surface area (TPSA) is 75.7 Å². The summed E-state index contributed by atoms with van der Waals surface area (Å²) >= 11 is 0. The molecular formula is C18H24N2O4S. The van der Waals surface area contributed by atoms with Crippen LogP contribution in [0.2, 0.25) is 0 Å². The van der Waals surface area contributed by atoms with Gasteiger partial charge in [-0.15, -0.1) is 0 Å². The first-order valence-corrected chi connectivity index (χ1v) is 10.5. The van der Waals surface area contributed by atoms with Crippen LogP contribution in [0.1, 0.15) is 36.0 Å². The molecular weight excluding hydrogens is 340 g/mol. The van der Waals surface area contributed by atoms with Gasteiger partial charge in [0.15, 0.2) is 0 Å². The molecule has 1 amide bonds. The van der Waals surface area contributed by atoms with E-state index >= 15 is 0 Å². The zero-order chi connectivity index (χ0) is 17.4. The van der Waals surface area contributed by atoms with Crippen LogP contribution in [0.5, 0.6) is 0 Å². The van der Waals surface area contributed by atoms with Crippen molar-refractivity contribution in [2.75, 3.05) is 26.3 Å². The molecule has 2 bridgehead atoms. The summed E-state index contributed by atoms with van der Waals surface area (Å²) in [5.74, 6) is 1.29. The van der Waals surface area contributed by atoms with Gasteiger partial charge in [-0.25, -0.2) is 8.42 Å². The van der Waals surface area contributed by atoms with Gasteiger partial charge in [0.1, 0.15) is 0 Å². The van der Waals surface area contributed by atoms with E-state index in [0.29, 0.717) is 37.8 Å². The summed E-state index contributed by atoms with van der Waals surface area (Å²) in [7, 11) is -3.51. The van der Waals surface area contributed by atoms with Gasteiger partial charge in [0.2, 0.25) is 10.0 Å². The van der Waals surface area contributed by atoms with E-state index in [-0.39, 0.29) is 16.8 Å². The standard InChI is InChI=1S/C18H24N2O4S/c21-18(19-17-12-13-1-2-15(17)11-13)14-3-5-16(6-4-14)25(22,23)20-7-9-24-10-8-20/h3-6,13,15,17H,1-2,7-12H2,(H,19,21)/t13-,15-,17+/m0/s1. The highest BCUT2D eigenvalue weighted by molar-refractivity contribution is 7.89. The SMILES string of the molecule is O=C(N[C@@H]1C[C@H]2CC[C@H]1C2)c1ccc(S(=O)(=O)N2CCOCC2)cc1. The maximum Gasteiger partial charge on any atom is 0.251 e. The molecule has 0 spiro atoms. The highest BCUT2D eigenvalue weighted by Crippen LogP contribution is 2.44. The number of carbonyl (C=O) groups excluding carboxylic acids is 1. The van der Waals surface area contributed by atoms with Crippen molar-refractivity contribution >= 4 is 15.9 Å². The Morgan fingerprint density at radius 1 is 1.08 bits per heavy atom. The average molecular weight is 364 g/mol. The summed E-state index contributed by atoms with van der Waals surface area (Å²) in [4.78, 5) is 12.7. The monoisotopic (exact) mass is 364 g/mol. The van der Waals surface area contributed by atoms with Crippen LogP contribution >= 0.6 is 0 Å². The minimum atomic E-state index is -3.51. The van der Waals surface area contributed by atoms with Crippen molar-refractivity contribution in [3.8, 4) is 0 Å². The molecule has 0 aromatic heterocycles. The summed E-state index contributed by atoms with van der Waals surface area (Å²) in [6, 6.07) is 6.55. The third-order valence-electron chi connectivity index (χ3n) is 5.78. The Morgan fingerprint density at radius 2 is 1.80 bits per heavy atom. The third kappa shape index (κ3) is 3.32. The molecule has 1 aliphatic heterocycles. The predicted molar refractivity (Wildman–Crippen MR) is 92.7 cm³/mol. The molecule has 1 heterocycles. The number of carbonyl (C=O) groups is 1. The molecule has 1 aromatic rings. The number of ether oxygens (including phenoxy) is 1. The fourth-order valence-electron chi connectivity index (χ4n) is 4.39. The number of hydrogen-bond acceptors (Lipinski definition) is 4. The van der Waals surface area contributed by atoms with Crippen LogP contribution in [0.25, 0.3) is 0 Å². The van der Waals surface area contributed by atoms with E-state index in [9.17, 15) is 13.2 Å². The summed E-state index contributed by atoms with van der Waals surface area (Å²) < 4.78 is 31.8. The second-order valence-corrected chi connectivity index (χ2v) is 9.23. The molecule has 3 fully saturated rings. The fourth-order valence-corrected chi connectivity index (χ4v) is 5.80. The third-order valence-corrected chi connectivity index (χ3v) is 7.69. The van der Waals surface area contributed by atoms with E-state index in [4.69, 9.17) is 4.74 Å². The zero-order valence-corrected chi connectivity index (χ0v) is 15.0.